The van der Waals surface area contributed by atoms with E-state index in [1.54, 1.807) is 6.07 Å². The Balaban J connectivity index is 2.19. The minimum atomic E-state index is -0.213. The zero-order valence-electron chi connectivity index (χ0n) is 11.3. The van der Waals surface area contributed by atoms with E-state index >= 15 is 0 Å². The average Bonchev–Trinajstić information content (AvgIpc) is 2.36. The van der Waals surface area contributed by atoms with Crippen LogP contribution in [0.25, 0.3) is 0 Å². The smallest absolute Gasteiger partial charge is 0.222 e. The van der Waals surface area contributed by atoms with Crippen LogP contribution in [0, 0.1) is 11.7 Å². The summed E-state index contributed by atoms with van der Waals surface area (Å²) >= 11 is 3.33. The summed E-state index contributed by atoms with van der Waals surface area (Å²) in [5.74, 6) is -0.130. The summed E-state index contributed by atoms with van der Waals surface area (Å²) in [6, 6.07) is 4.94. The molecule has 1 aromatic rings. The van der Waals surface area contributed by atoms with Crippen molar-refractivity contribution < 1.29 is 9.18 Å². The van der Waals surface area contributed by atoms with Crippen molar-refractivity contribution >= 4 is 21.8 Å². The molecule has 5 heteroatoms. The van der Waals surface area contributed by atoms with Crippen molar-refractivity contribution in [2.24, 2.45) is 5.92 Å². The van der Waals surface area contributed by atoms with Gasteiger partial charge in [0.2, 0.25) is 5.91 Å². The Morgan fingerprint density at radius 3 is 2.74 bits per heavy atom. The van der Waals surface area contributed by atoms with Gasteiger partial charge in [0, 0.05) is 29.0 Å². The highest BCUT2D eigenvalue weighted by molar-refractivity contribution is 9.10. The number of hydrogen-bond donors (Lipinski definition) is 2. The van der Waals surface area contributed by atoms with Crippen LogP contribution in [0.1, 0.15) is 25.8 Å². The lowest BCUT2D eigenvalue weighted by molar-refractivity contribution is -0.123. The first kappa shape index (κ1) is 16.1. The number of benzene rings is 1. The highest BCUT2D eigenvalue weighted by Crippen LogP contribution is 2.19. The molecule has 0 saturated heterocycles. The van der Waals surface area contributed by atoms with Gasteiger partial charge in [0.05, 0.1) is 0 Å². The lowest BCUT2D eigenvalue weighted by Gasteiger charge is -2.09. The third-order valence-electron chi connectivity index (χ3n) is 2.72. The predicted octanol–water partition coefficient (Wildman–Crippen LogP) is 2.84. The predicted molar refractivity (Wildman–Crippen MR) is 78.3 cm³/mol. The summed E-state index contributed by atoms with van der Waals surface area (Å²) in [7, 11) is 0. The first-order chi connectivity index (χ1) is 9.02. The molecule has 0 saturated carbocycles. The Morgan fingerprint density at radius 2 is 2.11 bits per heavy atom. The molecule has 1 amide bonds. The van der Waals surface area contributed by atoms with Gasteiger partial charge >= 0.3 is 0 Å². The maximum absolute atomic E-state index is 13.5. The highest BCUT2D eigenvalue weighted by Gasteiger charge is 2.06. The van der Waals surface area contributed by atoms with Crippen LogP contribution in [0.5, 0.6) is 0 Å². The van der Waals surface area contributed by atoms with Gasteiger partial charge in [-0.2, -0.15) is 0 Å². The standard InChI is InChI=1S/C14H20BrFN2O/c1-10(2)14(19)18-8-4-7-17-9-11-12(15)5-3-6-13(11)16/h3,5-6,10,17H,4,7-9H2,1-2H3,(H,18,19). The van der Waals surface area contributed by atoms with E-state index in [0.717, 1.165) is 17.4 Å². The van der Waals surface area contributed by atoms with Crippen molar-refractivity contribution in [2.75, 3.05) is 13.1 Å². The van der Waals surface area contributed by atoms with Gasteiger partial charge < -0.3 is 10.6 Å². The topological polar surface area (TPSA) is 41.1 Å². The number of nitrogens with one attached hydrogen (secondary N) is 2. The fourth-order valence-corrected chi connectivity index (χ4v) is 2.03. The first-order valence-corrected chi connectivity index (χ1v) is 7.23. The second kappa shape index (κ2) is 8.27. The molecule has 0 radical (unpaired) electrons. The molecule has 0 spiro atoms. The molecule has 2 N–H and O–H groups in total. The molecule has 106 valence electrons. The van der Waals surface area contributed by atoms with E-state index in [0.29, 0.717) is 18.7 Å². The molecule has 0 fully saturated rings. The summed E-state index contributed by atoms with van der Waals surface area (Å²) in [6.07, 6.45) is 0.824. The van der Waals surface area contributed by atoms with E-state index < -0.39 is 0 Å². The maximum atomic E-state index is 13.5. The van der Waals surface area contributed by atoms with Crippen molar-refractivity contribution in [1.29, 1.82) is 0 Å². The van der Waals surface area contributed by atoms with Crippen LogP contribution in [0.4, 0.5) is 4.39 Å². The Morgan fingerprint density at radius 1 is 1.37 bits per heavy atom. The number of carbonyl (C=O) groups is 1. The SMILES string of the molecule is CC(C)C(=O)NCCCNCc1c(F)cccc1Br. The Bertz CT molecular complexity index is 404. The normalized spacial score (nSPS) is 10.8. The molecule has 0 atom stereocenters. The van der Waals surface area contributed by atoms with Gasteiger partial charge in [-0.3, -0.25) is 4.79 Å². The molecule has 0 aromatic heterocycles. The number of halogens is 2. The minimum Gasteiger partial charge on any atom is -0.356 e. The van der Waals surface area contributed by atoms with E-state index in [1.807, 2.05) is 19.9 Å². The molecule has 0 unspecified atom stereocenters. The third-order valence-corrected chi connectivity index (χ3v) is 3.46. The summed E-state index contributed by atoms with van der Waals surface area (Å²) in [5.41, 5.74) is 0.633. The van der Waals surface area contributed by atoms with E-state index in [9.17, 15) is 9.18 Å². The maximum Gasteiger partial charge on any atom is 0.222 e. The molecule has 0 aliphatic rings. The van der Waals surface area contributed by atoms with Crippen LogP contribution in [0.3, 0.4) is 0 Å². The van der Waals surface area contributed by atoms with Gasteiger partial charge in [-0.15, -0.1) is 0 Å². The second-order valence-corrected chi connectivity index (χ2v) is 5.53. The summed E-state index contributed by atoms with van der Waals surface area (Å²) in [4.78, 5) is 11.3. The molecule has 1 aromatic carbocycles. The quantitative estimate of drug-likeness (QED) is 0.755. The fourth-order valence-electron chi connectivity index (χ4n) is 1.54. The minimum absolute atomic E-state index is 0.0160. The lowest BCUT2D eigenvalue weighted by Crippen LogP contribution is -2.30. The number of amides is 1. The van der Waals surface area contributed by atoms with Crippen LogP contribution >= 0.6 is 15.9 Å². The van der Waals surface area contributed by atoms with E-state index in [-0.39, 0.29) is 17.6 Å². The van der Waals surface area contributed by atoms with Crippen molar-refractivity contribution in [3.8, 4) is 0 Å². The van der Waals surface area contributed by atoms with E-state index in [1.165, 1.54) is 6.07 Å². The summed E-state index contributed by atoms with van der Waals surface area (Å²) < 4.78 is 14.3. The van der Waals surface area contributed by atoms with Gasteiger partial charge in [-0.1, -0.05) is 35.8 Å². The molecular formula is C14H20BrFN2O. The molecule has 1 rings (SSSR count). The van der Waals surface area contributed by atoms with Crippen LogP contribution < -0.4 is 10.6 Å². The monoisotopic (exact) mass is 330 g/mol. The second-order valence-electron chi connectivity index (χ2n) is 4.68. The van der Waals surface area contributed by atoms with Crippen LogP contribution in [0.2, 0.25) is 0 Å². The van der Waals surface area contributed by atoms with Crippen molar-refractivity contribution in [3.05, 3.63) is 34.1 Å². The van der Waals surface area contributed by atoms with E-state index in [4.69, 9.17) is 0 Å². The van der Waals surface area contributed by atoms with Crippen molar-refractivity contribution in [1.82, 2.24) is 10.6 Å². The lowest BCUT2D eigenvalue weighted by atomic mass is 10.2. The van der Waals surface area contributed by atoms with Gasteiger partial charge in [0.15, 0.2) is 0 Å². The number of rotatable bonds is 7. The molecule has 3 nitrogen and oxygen atoms in total. The zero-order valence-corrected chi connectivity index (χ0v) is 12.9. The summed E-state index contributed by atoms with van der Waals surface area (Å²) in [5, 5.41) is 6.01. The number of hydrogen-bond acceptors (Lipinski definition) is 2. The van der Waals surface area contributed by atoms with Crippen LogP contribution in [-0.2, 0) is 11.3 Å². The Kier molecular flexibility index (Phi) is 7.02. The van der Waals surface area contributed by atoms with Gasteiger partial charge in [0.25, 0.3) is 0 Å². The fraction of sp³-hybridized carbons (Fsp3) is 0.500. The summed E-state index contributed by atoms with van der Waals surface area (Å²) in [6.45, 7) is 5.58. The molecular weight excluding hydrogens is 311 g/mol. The molecule has 0 bridgehead atoms. The van der Waals surface area contributed by atoms with Crippen molar-refractivity contribution in [2.45, 2.75) is 26.8 Å². The van der Waals surface area contributed by atoms with Crippen LogP contribution in [0.15, 0.2) is 22.7 Å². The Labute approximate surface area is 122 Å². The molecule has 0 aliphatic carbocycles. The first-order valence-electron chi connectivity index (χ1n) is 6.43. The van der Waals surface area contributed by atoms with E-state index in [2.05, 4.69) is 26.6 Å². The highest BCUT2D eigenvalue weighted by atomic mass is 79.9. The zero-order chi connectivity index (χ0) is 14.3. The van der Waals surface area contributed by atoms with Crippen molar-refractivity contribution in [3.63, 3.8) is 0 Å². The third kappa shape index (κ3) is 5.70. The van der Waals surface area contributed by atoms with Crippen LogP contribution in [-0.4, -0.2) is 19.0 Å². The van der Waals surface area contributed by atoms with Gasteiger partial charge in [-0.05, 0) is 25.1 Å². The largest absolute Gasteiger partial charge is 0.356 e. The van der Waals surface area contributed by atoms with Gasteiger partial charge in [0.1, 0.15) is 5.82 Å². The number of carbonyl (C=O) groups excluding carboxylic acids is 1. The molecule has 0 heterocycles. The Hall–Kier alpha value is -0.940. The van der Waals surface area contributed by atoms with Gasteiger partial charge in [-0.25, -0.2) is 4.39 Å². The molecule has 19 heavy (non-hydrogen) atoms. The molecule has 0 aliphatic heterocycles. The average molecular weight is 331 g/mol.